The fourth-order valence-corrected chi connectivity index (χ4v) is 2.33. The highest BCUT2D eigenvalue weighted by Crippen LogP contribution is 2.30. The minimum absolute atomic E-state index is 0.285. The molecule has 102 valence electrons. The fraction of sp³-hybridized carbons (Fsp3) is 0. The molecule has 4 aromatic rings. The van der Waals surface area contributed by atoms with Gasteiger partial charge in [-0.3, -0.25) is 0 Å². The molecule has 4 nitrogen and oxygen atoms in total. The molecule has 0 spiro atoms. The molecule has 0 bridgehead atoms. The van der Waals surface area contributed by atoms with Gasteiger partial charge in [-0.2, -0.15) is 0 Å². The van der Waals surface area contributed by atoms with E-state index in [1.54, 1.807) is 12.1 Å². The summed E-state index contributed by atoms with van der Waals surface area (Å²) in [4.78, 5) is 8.81. The van der Waals surface area contributed by atoms with Crippen LogP contribution in [-0.2, 0) is 0 Å². The van der Waals surface area contributed by atoms with Crippen molar-refractivity contribution in [3.8, 4) is 11.5 Å². The molecule has 2 aromatic heterocycles. The van der Waals surface area contributed by atoms with Crippen molar-refractivity contribution in [1.29, 1.82) is 0 Å². The van der Waals surface area contributed by atoms with Crippen LogP contribution >= 0.6 is 0 Å². The van der Waals surface area contributed by atoms with E-state index < -0.39 is 0 Å². The number of nitrogens with two attached hydrogens (primary N) is 1. The molecule has 0 saturated heterocycles. The molecule has 0 atom stereocenters. The molecular weight excluding hydrogens is 269 g/mol. The Bertz CT molecular complexity index is 978. The van der Waals surface area contributed by atoms with Crippen molar-refractivity contribution >= 4 is 27.8 Å². The molecule has 0 aliphatic rings. The predicted octanol–water partition coefficient (Wildman–Crippen LogP) is 3.76. The largest absolute Gasteiger partial charge is 0.454 e. The number of anilines is 1. The summed E-state index contributed by atoms with van der Waals surface area (Å²) in [5, 5.41) is 0.666. The van der Waals surface area contributed by atoms with Crippen LogP contribution in [0, 0.1) is 5.82 Å². The second-order valence-electron chi connectivity index (χ2n) is 4.74. The fourth-order valence-electron chi connectivity index (χ4n) is 2.33. The van der Waals surface area contributed by atoms with Crippen molar-refractivity contribution in [2.45, 2.75) is 0 Å². The Labute approximate surface area is 119 Å². The SMILES string of the molecule is Nc1nc2ccccc2nc1-c1cc2cc(F)ccc2o1. The van der Waals surface area contributed by atoms with Crippen LogP contribution < -0.4 is 5.73 Å². The molecule has 0 unspecified atom stereocenters. The lowest BCUT2D eigenvalue weighted by molar-refractivity contribution is 0.618. The van der Waals surface area contributed by atoms with Gasteiger partial charge in [0.1, 0.15) is 17.1 Å². The van der Waals surface area contributed by atoms with E-state index >= 15 is 0 Å². The summed E-state index contributed by atoms with van der Waals surface area (Å²) in [7, 11) is 0. The number of rotatable bonds is 1. The van der Waals surface area contributed by atoms with Crippen molar-refractivity contribution in [3.63, 3.8) is 0 Å². The number of hydrogen-bond acceptors (Lipinski definition) is 4. The second-order valence-corrected chi connectivity index (χ2v) is 4.74. The van der Waals surface area contributed by atoms with E-state index in [2.05, 4.69) is 9.97 Å². The van der Waals surface area contributed by atoms with Crippen molar-refractivity contribution in [3.05, 3.63) is 54.3 Å². The van der Waals surface area contributed by atoms with Gasteiger partial charge in [0.2, 0.25) is 0 Å². The molecule has 5 heteroatoms. The first-order valence-corrected chi connectivity index (χ1v) is 6.42. The molecule has 0 aliphatic heterocycles. The van der Waals surface area contributed by atoms with E-state index in [4.69, 9.17) is 10.2 Å². The van der Waals surface area contributed by atoms with Gasteiger partial charge in [-0.15, -0.1) is 0 Å². The zero-order valence-electron chi connectivity index (χ0n) is 10.9. The molecule has 0 fully saturated rings. The standard InChI is InChI=1S/C16H10FN3O/c17-10-5-6-13-9(7-10)8-14(21-13)15-16(18)20-12-4-2-1-3-11(12)19-15/h1-8H,(H2,18,20). The summed E-state index contributed by atoms with van der Waals surface area (Å²) in [6.45, 7) is 0. The van der Waals surface area contributed by atoms with Gasteiger partial charge < -0.3 is 10.2 Å². The first kappa shape index (κ1) is 11.8. The molecule has 2 aromatic carbocycles. The highest BCUT2D eigenvalue weighted by Gasteiger charge is 2.13. The summed E-state index contributed by atoms with van der Waals surface area (Å²) in [6.07, 6.45) is 0. The molecule has 0 amide bonds. The van der Waals surface area contributed by atoms with Crippen LogP contribution in [0.2, 0.25) is 0 Å². The van der Waals surface area contributed by atoms with Gasteiger partial charge in [-0.25, -0.2) is 14.4 Å². The maximum Gasteiger partial charge on any atom is 0.157 e. The number of para-hydroxylation sites is 2. The Balaban J connectivity index is 1.96. The second kappa shape index (κ2) is 4.28. The lowest BCUT2D eigenvalue weighted by Crippen LogP contribution is -1.97. The summed E-state index contributed by atoms with van der Waals surface area (Å²) in [5.41, 5.74) is 8.46. The zero-order chi connectivity index (χ0) is 14.4. The van der Waals surface area contributed by atoms with Crippen molar-refractivity contribution in [1.82, 2.24) is 9.97 Å². The molecular formula is C16H10FN3O. The zero-order valence-corrected chi connectivity index (χ0v) is 10.9. The van der Waals surface area contributed by atoms with Crippen molar-refractivity contribution in [2.75, 3.05) is 5.73 Å². The summed E-state index contributed by atoms with van der Waals surface area (Å²) in [5.74, 6) is 0.451. The molecule has 0 aliphatic carbocycles. The third-order valence-electron chi connectivity index (χ3n) is 3.31. The minimum atomic E-state index is -0.313. The first-order chi connectivity index (χ1) is 10.2. The van der Waals surface area contributed by atoms with Gasteiger partial charge in [0.25, 0.3) is 0 Å². The lowest BCUT2D eigenvalue weighted by atomic mass is 10.2. The van der Waals surface area contributed by atoms with Crippen molar-refractivity contribution < 1.29 is 8.81 Å². The van der Waals surface area contributed by atoms with Gasteiger partial charge in [0.05, 0.1) is 11.0 Å². The summed E-state index contributed by atoms with van der Waals surface area (Å²) < 4.78 is 18.9. The van der Waals surface area contributed by atoms with Gasteiger partial charge >= 0.3 is 0 Å². The average Bonchev–Trinajstić information content (AvgIpc) is 2.89. The van der Waals surface area contributed by atoms with Gasteiger partial charge in [0.15, 0.2) is 11.6 Å². The first-order valence-electron chi connectivity index (χ1n) is 6.42. The number of benzene rings is 2. The highest BCUT2D eigenvalue weighted by atomic mass is 19.1. The maximum absolute atomic E-state index is 13.2. The predicted molar refractivity (Wildman–Crippen MR) is 79.1 cm³/mol. The van der Waals surface area contributed by atoms with E-state index in [0.29, 0.717) is 22.4 Å². The van der Waals surface area contributed by atoms with Crippen LogP contribution in [0.3, 0.4) is 0 Å². The molecule has 2 heterocycles. The van der Waals surface area contributed by atoms with Crippen LogP contribution in [0.1, 0.15) is 0 Å². The number of aromatic nitrogens is 2. The van der Waals surface area contributed by atoms with E-state index in [0.717, 1.165) is 11.0 Å². The highest BCUT2D eigenvalue weighted by molar-refractivity contribution is 5.86. The van der Waals surface area contributed by atoms with Crippen LogP contribution in [0.25, 0.3) is 33.5 Å². The van der Waals surface area contributed by atoms with Crippen LogP contribution in [-0.4, -0.2) is 9.97 Å². The minimum Gasteiger partial charge on any atom is -0.454 e. The average molecular weight is 279 g/mol. The lowest BCUT2D eigenvalue weighted by Gasteiger charge is -2.03. The molecule has 0 radical (unpaired) electrons. The quantitative estimate of drug-likeness (QED) is 0.576. The Morgan fingerprint density at radius 2 is 1.71 bits per heavy atom. The van der Waals surface area contributed by atoms with Crippen molar-refractivity contribution in [2.24, 2.45) is 0 Å². The maximum atomic E-state index is 13.2. The third kappa shape index (κ3) is 1.90. The Morgan fingerprint density at radius 1 is 0.952 bits per heavy atom. The number of hydrogen-bond donors (Lipinski definition) is 1. The van der Waals surface area contributed by atoms with Crippen LogP contribution in [0.5, 0.6) is 0 Å². The van der Waals surface area contributed by atoms with E-state index in [1.165, 1.54) is 12.1 Å². The molecule has 0 saturated carbocycles. The van der Waals surface area contributed by atoms with Gasteiger partial charge in [0, 0.05) is 5.39 Å². The monoisotopic (exact) mass is 279 g/mol. The Morgan fingerprint density at radius 3 is 2.52 bits per heavy atom. The number of nitrogens with zero attached hydrogens (tertiary/aromatic N) is 2. The number of nitrogen functional groups attached to an aromatic ring is 1. The van der Waals surface area contributed by atoms with E-state index in [-0.39, 0.29) is 11.6 Å². The van der Waals surface area contributed by atoms with E-state index in [9.17, 15) is 4.39 Å². The summed E-state index contributed by atoms with van der Waals surface area (Å²) >= 11 is 0. The smallest absolute Gasteiger partial charge is 0.157 e. The number of furan rings is 1. The molecule has 21 heavy (non-hydrogen) atoms. The topological polar surface area (TPSA) is 64.9 Å². The molecule has 4 rings (SSSR count). The molecule has 2 N–H and O–H groups in total. The Hall–Kier alpha value is -2.95. The van der Waals surface area contributed by atoms with Crippen LogP contribution in [0.15, 0.2) is 52.9 Å². The summed E-state index contributed by atoms with van der Waals surface area (Å²) in [6, 6.07) is 13.5. The van der Waals surface area contributed by atoms with Gasteiger partial charge in [-0.1, -0.05) is 12.1 Å². The van der Waals surface area contributed by atoms with E-state index in [1.807, 2.05) is 24.3 Å². The Kier molecular flexibility index (Phi) is 2.41. The normalized spacial score (nSPS) is 11.3. The number of halogens is 1. The third-order valence-corrected chi connectivity index (χ3v) is 3.31. The van der Waals surface area contributed by atoms with Crippen LogP contribution in [0.4, 0.5) is 10.2 Å². The number of fused-ring (bicyclic) bond motifs is 2. The van der Waals surface area contributed by atoms with Gasteiger partial charge in [-0.05, 0) is 36.4 Å².